The molecule has 2 unspecified atom stereocenters. The van der Waals surface area contributed by atoms with Crippen LogP contribution in [-0.4, -0.2) is 25.2 Å². The molecule has 1 heterocycles. The molecule has 0 saturated carbocycles. The number of anilines is 1. The van der Waals surface area contributed by atoms with Gasteiger partial charge in [0.1, 0.15) is 0 Å². The first-order valence-corrected chi connectivity index (χ1v) is 6.59. The molecule has 19 heavy (non-hydrogen) atoms. The third-order valence-electron chi connectivity index (χ3n) is 3.47. The monoisotopic (exact) mass is 258 g/mol. The Bertz CT molecular complexity index is 467. The topological polar surface area (TPSA) is 53.3 Å². The molecule has 4 heteroatoms. The Morgan fingerprint density at radius 2 is 2.21 bits per heavy atom. The summed E-state index contributed by atoms with van der Waals surface area (Å²) >= 11 is 0. The molecule has 1 aliphatic rings. The third-order valence-corrected chi connectivity index (χ3v) is 3.47. The van der Waals surface area contributed by atoms with Crippen LogP contribution in [0.2, 0.25) is 0 Å². The Labute approximate surface area is 113 Å². The minimum Gasteiger partial charge on any atom is -0.378 e. The Hall–Kier alpha value is -1.86. The van der Waals surface area contributed by atoms with Crippen molar-refractivity contribution in [1.82, 2.24) is 0 Å². The van der Waals surface area contributed by atoms with Gasteiger partial charge >= 0.3 is 0 Å². The minimum absolute atomic E-state index is 0.0409. The van der Waals surface area contributed by atoms with Crippen LogP contribution in [0.25, 0.3) is 0 Å². The van der Waals surface area contributed by atoms with Crippen LogP contribution in [0.15, 0.2) is 30.3 Å². The lowest BCUT2D eigenvalue weighted by molar-refractivity contribution is -0.123. The predicted molar refractivity (Wildman–Crippen MR) is 72.5 cm³/mol. The summed E-state index contributed by atoms with van der Waals surface area (Å²) in [4.78, 5) is 14.3. The second kappa shape index (κ2) is 6.35. The molecule has 0 spiro atoms. The SMILES string of the molecule is CC1OCCC1C(=O)N(CCC#N)c1ccccc1. The van der Waals surface area contributed by atoms with Crippen LogP contribution in [0.5, 0.6) is 0 Å². The lowest BCUT2D eigenvalue weighted by Gasteiger charge is -2.26. The molecule has 1 aromatic carbocycles. The number of para-hydroxylation sites is 1. The van der Waals surface area contributed by atoms with Gasteiger partial charge < -0.3 is 9.64 Å². The number of nitrogens with zero attached hydrogens (tertiary/aromatic N) is 2. The zero-order valence-corrected chi connectivity index (χ0v) is 11.1. The molecule has 4 nitrogen and oxygen atoms in total. The van der Waals surface area contributed by atoms with Gasteiger partial charge in [0, 0.05) is 18.8 Å². The quantitative estimate of drug-likeness (QED) is 0.833. The van der Waals surface area contributed by atoms with Gasteiger partial charge in [-0.3, -0.25) is 4.79 Å². The lowest BCUT2D eigenvalue weighted by Crippen LogP contribution is -2.39. The fourth-order valence-electron chi connectivity index (χ4n) is 2.39. The van der Waals surface area contributed by atoms with Crippen molar-refractivity contribution in [2.75, 3.05) is 18.1 Å². The molecular formula is C15H18N2O2. The van der Waals surface area contributed by atoms with E-state index in [-0.39, 0.29) is 17.9 Å². The van der Waals surface area contributed by atoms with E-state index in [1.807, 2.05) is 37.3 Å². The number of hydrogen-bond acceptors (Lipinski definition) is 3. The zero-order valence-electron chi connectivity index (χ0n) is 11.1. The highest BCUT2D eigenvalue weighted by atomic mass is 16.5. The molecule has 1 aromatic rings. The molecule has 1 amide bonds. The average molecular weight is 258 g/mol. The van der Waals surface area contributed by atoms with Crippen LogP contribution in [0, 0.1) is 17.2 Å². The molecule has 100 valence electrons. The highest BCUT2D eigenvalue weighted by molar-refractivity contribution is 5.95. The normalized spacial score (nSPS) is 21.9. The van der Waals surface area contributed by atoms with Crippen LogP contribution in [0.3, 0.4) is 0 Å². The van der Waals surface area contributed by atoms with Crippen molar-refractivity contribution in [2.45, 2.75) is 25.9 Å². The summed E-state index contributed by atoms with van der Waals surface area (Å²) in [5, 5.41) is 8.75. The van der Waals surface area contributed by atoms with Crippen LogP contribution in [0.1, 0.15) is 19.8 Å². The van der Waals surface area contributed by atoms with E-state index < -0.39 is 0 Å². The summed E-state index contributed by atoms with van der Waals surface area (Å²) in [6.45, 7) is 3.00. The summed E-state index contributed by atoms with van der Waals surface area (Å²) in [6.07, 6.45) is 1.05. The Kier molecular flexibility index (Phi) is 4.53. The molecule has 1 fully saturated rings. The Morgan fingerprint density at radius 1 is 1.47 bits per heavy atom. The molecule has 0 aromatic heterocycles. The standard InChI is InChI=1S/C15H18N2O2/c1-12-14(8-11-19-12)15(18)17(10-5-9-16)13-6-3-2-4-7-13/h2-4,6-7,12,14H,5,8,10-11H2,1H3. The first kappa shape index (κ1) is 13.6. The number of ether oxygens (including phenoxy) is 1. The van der Waals surface area contributed by atoms with Crippen LogP contribution < -0.4 is 4.90 Å². The fraction of sp³-hybridized carbons (Fsp3) is 0.467. The largest absolute Gasteiger partial charge is 0.378 e. The van der Waals surface area contributed by atoms with Gasteiger partial charge in [0.2, 0.25) is 5.91 Å². The predicted octanol–water partition coefficient (Wildman–Crippen LogP) is 2.36. The fourth-order valence-corrected chi connectivity index (χ4v) is 2.39. The molecule has 1 saturated heterocycles. The maximum atomic E-state index is 12.6. The van der Waals surface area contributed by atoms with Gasteiger partial charge in [0.15, 0.2) is 0 Å². The van der Waals surface area contributed by atoms with E-state index in [4.69, 9.17) is 10.00 Å². The number of benzene rings is 1. The molecule has 2 rings (SSSR count). The van der Waals surface area contributed by atoms with Gasteiger partial charge in [-0.05, 0) is 25.5 Å². The maximum absolute atomic E-state index is 12.6. The summed E-state index contributed by atoms with van der Waals surface area (Å²) in [5.41, 5.74) is 0.849. The van der Waals surface area contributed by atoms with Crippen molar-refractivity contribution >= 4 is 11.6 Å². The van der Waals surface area contributed by atoms with E-state index in [0.29, 0.717) is 19.6 Å². The molecule has 0 bridgehead atoms. The van der Waals surface area contributed by atoms with Crippen molar-refractivity contribution in [3.8, 4) is 6.07 Å². The number of nitriles is 1. The van der Waals surface area contributed by atoms with Crippen molar-refractivity contribution in [3.05, 3.63) is 30.3 Å². The van der Waals surface area contributed by atoms with Gasteiger partial charge in [0.05, 0.1) is 24.5 Å². The lowest BCUT2D eigenvalue weighted by atomic mass is 10.0. The first-order valence-electron chi connectivity index (χ1n) is 6.59. The van der Waals surface area contributed by atoms with E-state index >= 15 is 0 Å². The van der Waals surface area contributed by atoms with Crippen LogP contribution in [0.4, 0.5) is 5.69 Å². The van der Waals surface area contributed by atoms with E-state index in [1.54, 1.807) is 4.90 Å². The van der Waals surface area contributed by atoms with Crippen molar-refractivity contribution in [1.29, 1.82) is 5.26 Å². The second-order valence-corrected chi connectivity index (χ2v) is 4.70. The number of hydrogen-bond donors (Lipinski definition) is 0. The number of carbonyl (C=O) groups excluding carboxylic acids is 1. The number of rotatable bonds is 4. The highest BCUT2D eigenvalue weighted by Gasteiger charge is 2.34. The van der Waals surface area contributed by atoms with Crippen molar-refractivity contribution in [3.63, 3.8) is 0 Å². The minimum atomic E-state index is -0.0982. The van der Waals surface area contributed by atoms with Crippen LogP contribution in [-0.2, 0) is 9.53 Å². The number of amides is 1. The summed E-state index contributed by atoms with van der Waals surface area (Å²) < 4.78 is 5.46. The molecule has 1 aliphatic heterocycles. The number of carbonyl (C=O) groups is 1. The summed E-state index contributed by atoms with van der Waals surface area (Å²) in [6, 6.07) is 11.6. The Morgan fingerprint density at radius 3 is 2.79 bits per heavy atom. The molecule has 2 atom stereocenters. The van der Waals surface area contributed by atoms with Gasteiger partial charge in [-0.15, -0.1) is 0 Å². The van der Waals surface area contributed by atoms with Gasteiger partial charge in [0.25, 0.3) is 0 Å². The van der Waals surface area contributed by atoms with E-state index in [1.165, 1.54) is 0 Å². The second-order valence-electron chi connectivity index (χ2n) is 4.70. The first-order chi connectivity index (χ1) is 9.24. The maximum Gasteiger partial charge on any atom is 0.232 e. The summed E-state index contributed by atoms with van der Waals surface area (Å²) in [5.74, 6) is -0.0367. The summed E-state index contributed by atoms with van der Waals surface area (Å²) in [7, 11) is 0. The van der Waals surface area contributed by atoms with Crippen LogP contribution >= 0.6 is 0 Å². The van der Waals surface area contributed by atoms with Crippen molar-refractivity contribution in [2.24, 2.45) is 5.92 Å². The zero-order chi connectivity index (χ0) is 13.7. The van der Waals surface area contributed by atoms with E-state index in [2.05, 4.69) is 6.07 Å². The third kappa shape index (κ3) is 3.12. The van der Waals surface area contributed by atoms with E-state index in [0.717, 1.165) is 12.1 Å². The Balaban J connectivity index is 2.18. The van der Waals surface area contributed by atoms with Gasteiger partial charge in [-0.25, -0.2) is 0 Å². The van der Waals surface area contributed by atoms with Gasteiger partial charge in [-0.1, -0.05) is 18.2 Å². The van der Waals surface area contributed by atoms with Gasteiger partial charge in [-0.2, -0.15) is 5.26 Å². The molecule has 0 N–H and O–H groups in total. The van der Waals surface area contributed by atoms with E-state index in [9.17, 15) is 4.79 Å². The van der Waals surface area contributed by atoms with Crippen molar-refractivity contribution < 1.29 is 9.53 Å². The molecule has 0 radical (unpaired) electrons. The molecule has 0 aliphatic carbocycles. The highest BCUT2D eigenvalue weighted by Crippen LogP contribution is 2.25. The molecular weight excluding hydrogens is 240 g/mol. The smallest absolute Gasteiger partial charge is 0.232 e. The average Bonchev–Trinajstić information content (AvgIpc) is 2.86.